The second-order valence-corrected chi connectivity index (χ2v) is 8.97. The Hall–Kier alpha value is -3.42. The van der Waals surface area contributed by atoms with Crippen LogP contribution in [0.5, 0.6) is 11.5 Å². The highest BCUT2D eigenvalue weighted by Crippen LogP contribution is 2.39. The smallest absolute Gasteiger partial charge is 0.217 e. The fraction of sp³-hybridized carbons (Fsp3) is 0.375. The minimum absolute atomic E-state index is 0.0510. The van der Waals surface area contributed by atoms with Crippen molar-refractivity contribution in [1.29, 1.82) is 5.41 Å². The number of amides is 1. The fourth-order valence-electron chi connectivity index (χ4n) is 3.64. The molecule has 0 saturated heterocycles. The zero-order chi connectivity index (χ0) is 23.6. The van der Waals surface area contributed by atoms with E-state index < -0.39 is 17.1 Å². The highest BCUT2D eigenvalue weighted by Gasteiger charge is 2.28. The van der Waals surface area contributed by atoms with Gasteiger partial charge in [0.05, 0.1) is 13.2 Å². The van der Waals surface area contributed by atoms with E-state index in [1.807, 2.05) is 20.8 Å². The highest BCUT2D eigenvalue weighted by atomic mass is 19.1. The van der Waals surface area contributed by atoms with Crippen LogP contribution in [0.25, 0.3) is 0 Å². The second kappa shape index (κ2) is 8.98. The third-order valence-corrected chi connectivity index (χ3v) is 5.37. The van der Waals surface area contributed by atoms with E-state index in [1.54, 1.807) is 17.0 Å². The summed E-state index contributed by atoms with van der Waals surface area (Å²) in [5, 5.41) is 19.0. The summed E-state index contributed by atoms with van der Waals surface area (Å²) in [7, 11) is 0. The summed E-state index contributed by atoms with van der Waals surface area (Å²) in [5.41, 5.74) is 6.86. The summed E-state index contributed by atoms with van der Waals surface area (Å²) in [4.78, 5) is 25.6. The van der Waals surface area contributed by atoms with Crippen LogP contribution in [0.2, 0.25) is 0 Å². The van der Waals surface area contributed by atoms with Gasteiger partial charge in [0.2, 0.25) is 5.91 Å². The molecule has 0 aliphatic carbocycles. The minimum atomic E-state index is -0.459. The average molecular weight is 442 g/mol. The molecule has 3 rings (SSSR count). The van der Waals surface area contributed by atoms with E-state index in [2.05, 4.69) is 0 Å². The predicted molar refractivity (Wildman–Crippen MR) is 119 cm³/mol. The van der Waals surface area contributed by atoms with Crippen molar-refractivity contribution in [3.63, 3.8) is 0 Å². The summed E-state index contributed by atoms with van der Waals surface area (Å²) in [6, 6.07) is 7.39. The molecule has 170 valence electrons. The molecule has 0 unspecified atom stereocenters. The Bertz CT molecular complexity index is 1080. The van der Waals surface area contributed by atoms with Crippen LogP contribution in [0.15, 0.2) is 30.3 Å². The summed E-state index contributed by atoms with van der Waals surface area (Å²) >= 11 is 0. The number of carbonyl (C=O) groups excluding carboxylic acids is 2. The molecule has 0 saturated carbocycles. The molecule has 32 heavy (non-hydrogen) atoms. The van der Waals surface area contributed by atoms with Gasteiger partial charge in [0.15, 0.2) is 17.3 Å². The number of Topliss-reactive ketones (excluding diaryl/α,β-unsaturated/α-hetero) is 1. The van der Waals surface area contributed by atoms with Crippen LogP contribution in [0.4, 0.5) is 4.39 Å². The molecule has 0 aromatic heterocycles. The van der Waals surface area contributed by atoms with Crippen LogP contribution < -0.4 is 10.5 Å². The molecule has 0 bridgehead atoms. The van der Waals surface area contributed by atoms with Gasteiger partial charge >= 0.3 is 0 Å². The molecule has 0 fully saturated rings. The van der Waals surface area contributed by atoms with Gasteiger partial charge in [-0.15, -0.1) is 0 Å². The van der Waals surface area contributed by atoms with Gasteiger partial charge in [-0.2, -0.15) is 0 Å². The van der Waals surface area contributed by atoms with Crippen molar-refractivity contribution in [1.82, 2.24) is 4.90 Å². The molecule has 0 spiro atoms. The number of amidine groups is 1. The van der Waals surface area contributed by atoms with Crippen LogP contribution in [0, 0.1) is 11.2 Å². The molecule has 8 heteroatoms. The van der Waals surface area contributed by atoms with E-state index in [9.17, 15) is 19.1 Å². The van der Waals surface area contributed by atoms with Crippen molar-refractivity contribution in [3.8, 4) is 11.5 Å². The number of primary amides is 1. The molecule has 4 N–H and O–H groups in total. The lowest BCUT2D eigenvalue weighted by Crippen LogP contribution is -2.30. The van der Waals surface area contributed by atoms with Crippen LogP contribution in [0.1, 0.15) is 60.7 Å². The Morgan fingerprint density at radius 2 is 1.97 bits per heavy atom. The Labute approximate surface area is 186 Å². The topological polar surface area (TPSA) is 117 Å². The number of hydrogen-bond donors (Lipinski definition) is 3. The third-order valence-electron chi connectivity index (χ3n) is 5.37. The number of aromatic hydroxyl groups is 1. The Balaban J connectivity index is 1.83. The number of ether oxygens (including phenoxy) is 1. The number of nitrogens with zero attached hydrogens (tertiary/aromatic N) is 1. The Morgan fingerprint density at radius 1 is 1.25 bits per heavy atom. The number of phenolic OH excluding ortho intramolecular Hbond substituents is 1. The Morgan fingerprint density at radius 3 is 2.62 bits per heavy atom. The summed E-state index contributed by atoms with van der Waals surface area (Å²) < 4.78 is 19.2. The van der Waals surface area contributed by atoms with Crippen molar-refractivity contribution in [2.24, 2.45) is 5.73 Å². The average Bonchev–Trinajstić information content (AvgIpc) is 3.00. The van der Waals surface area contributed by atoms with Crippen molar-refractivity contribution in [2.75, 3.05) is 13.2 Å². The molecule has 7 nitrogen and oxygen atoms in total. The maximum absolute atomic E-state index is 13.6. The van der Waals surface area contributed by atoms with Gasteiger partial charge in [-0.3, -0.25) is 15.0 Å². The molecular weight excluding hydrogens is 413 g/mol. The number of benzene rings is 2. The zero-order valence-corrected chi connectivity index (χ0v) is 18.5. The number of fused-ring (bicyclic) bond motifs is 1. The van der Waals surface area contributed by atoms with E-state index >= 15 is 0 Å². The molecule has 1 aliphatic heterocycles. The molecule has 1 heterocycles. The van der Waals surface area contributed by atoms with Crippen molar-refractivity contribution in [3.05, 3.63) is 58.4 Å². The first-order valence-electron chi connectivity index (χ1n) is 10.4. The van der Waals surface area contributed by atoms with Gasteiger partial charge in [0, 0.05) is 29.7 Å². The number of nitrogens with one attached hydrogen (secondary N) is 1. The van der Waals surface area contributed by atoms with Gasteiger partial charge < -0.3 is 20.5 Å². The number of ketones is 1. The number of rotatable bonds is 8. The van der Waals surface area contributed by atoms with Crippen LogP contribution in [0.3, 0.4) is 0 Å². The number of carbonyl (C=O) groups is 2. The quantitative estimate of drug-likeness (QED) is 0.428. The number of hydrogen-bond acceptors (Lipinski definition) is 5. The van der Waals surface area contributed by atoms with Crippen molar-refractivity contribution in [2.45, 2.75) is 45.6 Å². The monoisotopic (exact) mass is 441 g/mol. The molecule has 0 atom stereocenters. The summed E-state index contributed by atoms with van der Waals surface area (Å²) in [6.45, 7) is 6.18. The molecular formula is C24H28FN3O4. The molecule has 2 aromatic rings. The first-order valence-corrected chi connectivity index (χ1v) is 10.4. The van der Waals surface area contributed by atoms with E-state index in [4.69, 9.17) is 15.9 Å². The van der Waals surface area contributed by atoms with E-state index in [0.717, 1.165) is 5.56 Å². The SMILES string of the molecule is CC(C)(C)c1cc(C(=O)CN2Cc3ccc(F)cc3C2=N)cc(OCCCC(N)=O)c1O. The van der Waals surface area contributed by atoms with E-state index in [-0.39, 0.29) is 42.7 Å². The molecule has 1 amide bonds. The van der Waals surface area contributed by atoms with E-state index in [0.29, 0.717) is 29.7 Å². The lowest BCUT2D eigenvalue weighted by molar-refractivity contribution is -0.118. The normalized spacial score (nSPS) is 13.2. The first-order chi connectivity index (χ1) is 15.0. The first kappa shape index (κ1) is 23.2. The van der Waals surface area contributed by atoms with E-state index in [1.165, 1.54) is 18.2 Å². The maximum atomic E-state index is 13.6. The van der Waals surface area contributed by atoms with Crippen LogP contribution >= 0.6 is 0 Å². The number of nitrogens with two attached hydrogens (primary N) is 1. The largest absolute Gasteiger partial charge is 0.504 e. The maximum Gasteiger partial charge on any atom is 0.217 e. The lowest BCUT2D eigenvalue weighted by atomic mass is 9.84. The molecule has 2 aromatic carbocycles. The summed E-state index contributed by atoms with van der Waals surface area (Å²) in [5.74, 6) is -0.905. The molecule has 1 aliphatic rings. The van der Waals surface area contributed by atoms with Gasteiger partial charge in [0.25, 0.3) is 0 Å². The standard InChI is InChI=1S/C24H28FN3O4/c1-24(2,3)18-9-15(10-20(22(18)31)32-8-4-5-21(26)30)19(29)13-28-12-14-6-7-16(25)11-17(14)23(28)27/h6-7,9-11,27,31H,4-5,8,12-13H2,1-3H3,(H2,26,30). The van der Waals surface area contributed by atoms with Gasteiger partial charge in [-0.25, -0.2) is 4.39 Å². The highest BCUT2D eigenvalue weighted by molar-refractivity contribution is 6.05. The van der Waals surface area contributed by atoms with Gasteiger partial charge in [0.1, 0.15) is 11.7 Å². The van der Waals surface area contributed by atoms with Gasteiger partial charge in [-0.1, -0.05) is 26.8 Å². The zero-order valence-electron chi connectivity index (χ0n) is 18.5. The predicted octanol–water partition coefficient (Wildman–Crippen LogP) is 3.50. The van der Waals surface area contributed by atoms with Gasteiger partial charge in [-0.05, 0) is 41.7 Å². The van der Waals surface area contributed by atoms with Crippen molar-refractivity contribution >= 4 is 17.5 Å². The van der Waals surface area contributed by atoms with Crippen molar-refractivity contribution < 1.29 is 23.8 Å². The lowest BCUT2D eigenvalue weighted by Gasteiger charge is -2.24. The number of halogens is 1. The van der Waals surface area contributed by atoms with Crippen LogP contribution in [-0.4, -0.2) is 40.7 Å². The minimum Gasteiger partial charge on any atom is -0.504 e. The fourth-order valence-corrected chi connectivity index (χ4v) is 3.64. The van der Waals surface area contributed by atoms with Crippen LogP contribution in [-0.2, 0) is 16.8 Å². The second-order valence-electron chi connectivity index (χ2n) is 8.97. The Kier molecular flexibility index (Phi) is 6.52. The molecule has 0 radical (unpaired) electrons. The summed E-state index contributed by atoms with van der Waals surface area (Å²) in [6.07, 6.45) is 0.543. The number of phenols is 1. The third kappa shape index (κ3) is 5.07.